The quantitative estimate of drug-likeness (QED) is 0.826. The van der Waals surface area contributed by atoms with E-state index in [9.17, 15) is 4.79 Å². The molecule has 0 aromatic carbocycles. The standard InChI is InChI=1S/C14H28N2O2/c1-10(2)7-12-9-15-8-11(3)16(12)13(17)18-14(4,5)6/h10-12,15H,7-9H2,1-6H3/t11?,12-/m1/s1. The van der Waals surface area contributed by atoms with Crippen molar-refractivity contribution in [1.82, 2.24) is 10.2 Å². The topological polar surface area (TPSA) is 41.6 Å². The number of nitrogens with one attached hydrogen (secondary N) is 1. The molecular formula is C14H28N2O2. The van der Waals surface area contributed by atoms with Gasteiger partial charge in [0.2, 0.25) is 0 Å². The minimum atomic E-state index is -0.427. The Labute approximate surface area is 111 Å². The first-order valence-electron chi connectivity index (χ1n) is 6.92. The number of nitrogens with zero attached hydrogens (tertiary/aromatic N) is 1. The highest BCUT2D eigenvalue weighted by molar-refractivity contribution is 5.69. The summed E-state index contributed by atoms with van der Waals surface area (Å²) < 4.78 is 5.52. The minimum absolute atomic E-state index is 0.179. The summed E-state index contributed by atoms with van der Waals surface area (Å²) in [5.41, 5.74) is -0.427. The summed E-state index contributed by atoms with van der Waals surface area (Å²) in [5, 5.41) is 3.39. The zero-order valence-corrected chi connectivity index (χ0v) is 12.6. The summed E-state index contributed by atoms with van der Waals surface area (Å²) in [7, 11) is 0. The summed E-state index contributed by atoms with van der Waals surface area (Å²) in [6.45, 7) is 13.9. The Balaban J connectivity index is 2.74. The summed E-state index contributed by atoms with van der Waals surface area (Å²) in [6.07, 6.45) is 0.832. The normalized spacial score (nSPS) is 25.4. The molecule has 0 bridgehead atoms. The molecule has 0 spiro atoms. The molecule has 0 aromatic rings. The van der Waals surface area contributed by atoms with Gasteiger partial charge in [-0.3, -0.25) is 4.90 Å². The van der Waals surface area contributed by atoms with Crippen molar-refractivity contribution >= 4 is 6.09 Å². The van der Waals surface area contributed by atoms with Crippen molar-refractivity contribution in [1.29, 1.82) is 0 Å². The average Bonchev–Trinajstić information content (AvgIpc) is 2.13. The Hall–Kier alpha value is -0.770. The summed E-state index contributed by atoms with van der Waals surface area (Å²) in [5.74, 6) is 0.576. The van der Waals surface area contributed by atoms with Gasteiger partial charge in [0, 0.05) is 25.2 Å². The van der Waals surface area contributed by atoms with E-state index in [0.717, 1.165) is 19.5 Å². The van der Waals surface area contributed by atoms with Crippen LogP contribution in [0.15, 0.2) is 0 Å². The molecule has 1 aliphatic rings. The van der Waals surface area contributed by atoms with E-state index in [1.165, 1.54) is 0 Å². The molecule has 0 aromatic heterocycles. The number of carbonyl (C=O) groups is 1. The Kier molecular flexibility index (Phi) is 5.02. The number of piperazine rings is 1. The Morgan fingerprint density at radius 3 is 2.50 bits per heavy atom. The zero-order chi connectivity index (χ0) is 13.9. The van der Waals surface area contributed by atoms with E-state index in [4.69, 9.17) is 4.74 Å². The van der Waals surface area contributed by atoms with Gasteiger partial charge in [0.25, 0.3) is 0 Å². The van der Waals surface area contributed by atoms with E-state index in [0.29, 0.717) is 5.92 Å². The van der Waals surface area contributed by atoms with Crippen molar-refractivity contribution in [3.05, 3.63) is 0 Å². The molecule has 4 nitrogen and oxygen atoms in total. The molecule has 1 rings (SSSR count). The number of rotatable bonds is 2. The number of amides is 1. The molecular weight excluding hydrogens is 228 g/mol. The lowest BCUT2D eigenvalue weighted by Gasteiger charge is -2.42. The Morgan fingerprint density at radius 1 is 1.39 bits per heavy atom. The van der Waals surface area contributed by atoms with Gasteiger partial charge in [0.1, 0.15) is 5.60 Å². The van der Waals surface area contributed by atoms with Crippen LogP contribution in [0, 0.1) is 5.92 Å². The minimum Gasteiger partial charge on any atom is -0.444 e. The third-order valence-corrected chi connectivity index (χ3v) is 3.04. The maximum absolute atomic E-state index is 12.3. The van der Waals surface area contributed by atoms with Gasteiger partial charge >= 0.3 is 6.09 Å². The molecule has 0 radical (unpaired) electrons. The maximum Gasteiger partial charge on any atom is 0.410 e. The monoisotopic (exact) mass is 256 g/mol. The van der Waals surface area contributed by atoms with Gasteiger partial charge in [-0.1, -0.05) is 13.8 Å². The molecule has 1 amide bonds. The van der Waals surface area contributed by atoms with Crippen molar-refractivity contribution in [3.8, 4) is 0 Å². The van der Waals surface area contributed by atoms with E-state index in [-0.39, 0.29) is 18.2 Å². The highest BCUT2D eigenvalue weighted by atomic mass is 16.6. The summed E-state index contributed by atoms with van der Waals surface area (Å²) >= 11 is 0. The van der Waals surface area contributed by atoms with Crippen LogP contribution in [0.25, 0.3) is 0 Å². The molecule has 1 fully saturated rings. The van der Waals surface area contributed by atoms with E-state index in [1.807, 2.05) is 25.7 Å². The first-order valence-corrected chi connectivity index (χ1v) is 6.92. The second-order valence-electron chi connectivity index (χ2n) is 6.68. The lowest BCUT2D eigenvalue weighted by atomic mass is 9.99. The lowest BCUT2D eigenvalue weighted by Crippen LogP contribution is -2.59. The van der Waals surface area contributed by atoms with Crippen LogP contribution in [0.2, 0.25) is 0 Å². The molecule has 1 heterocycles. The van der Waals surface area contributed by atoms with E-state index in [1.54, 1.807) is 0 Å². The molecule has 18 heavy (non-hydrogen) atoms. The SMILES string of the molecule is CC(C)C[C@@H]1CNCC(C)N1C(=O)OC(C)(C)C. The van der Waals surface area contributed by atoms with Gasteiger partial charge in [-0.15, -0.1) is 0 Å². The molecule has 106 valence electrons. The first kappa shape index (κ1) is 15.3. The van der Waals surface area contributed by atoms with Crippen LogP contribution in [-0.4, -0.2) is 41.8 Å². The van der Waals surface area contributed by atoms with Crippen LogP contribution >= 0.6 is 0 Å². The number of carbonyl (C=O) groups excluding carboxylic acids is 1. The van der Waals surface area contributed by atoms with Gasteiger partial charge in [-0.05, 0) is 40.0 Å². The molecule has 4 heteroatoms. The van der Waals surface area contributed by atoms with Crippen LogP contribution in [0.4, 0.5) is 4.79 Å². The lowest BCUT2D eigenvalue weighted by molar-refractivity contribution is -0.00210. The second kappa shape index (κ2) is 5.91. The molecule has 1 N–H and O–H groups in total. The highest BCUT2D eigenvalue weighted by Gasteiger charge is 2.34. The van der Waals surface area contributed by atoms with Crippen molar-refractivity contribution in [3.63, 3.8) is 0 Å². The van der Waals surface area contributed by atoms with E-state index in [2.05, 4.69) is 26.1 Å². The van der Waals surface area contributed by atoms with Gasteiger partial charge in [-0.25, -0.2) is 4.79 Å². The van der Waals surface area contributed by atoms with E-state index >= 15 is 0 Å². The molecule has 0 saturated carbocycles. The second-order valence-corrected chi connectivity index (χ2v) is 6.68. The molecule has 0 aliphatic carbocycles. The molecule has 1 aliphatic heterocycles. The van der Waals surface area contributed by atoms with Crippen molar-refractivity contribution in [2.45, 2.75) is 65.6 Å². The Bertz CT molecular complexity index is 284. The fourth-order valence-electron chi connectivity index (χ4n) is 2.40. The molecule has 2 atom stereocenters. The largest absolute Gasteiger partial charge is 0.444 e. The predicted octanol–water partition coefficient (Wildman–Crippen LogP) is 2.63. The zero-order valence-electron chi connectivity index (χ0n) is 12.6. The van der Waals surface area contributed by atoms with Crippen LogP contribution < -0.4 is 5.32 Å². The predicted molar refractivity (Wildman–Crippen MR) is 73.6 cm³/mol. The fraction of sp³-hybridized carbons (Fsp3) is 0.929. The number of hydrogen-bond donors (Lipinski definition) is 1. The Morgan fingerprint density at radius 2 is 2.00 bits per heavy atom. The van der Waals surface area contributed by atoms with E-state index < -0.39 is 5.60 Å². The van der Waals surface area contributed by atoms with Crippen LogP contribution in [0.1, 0.15) is 48.0 Å². The van der Waals surface area contributed by atoms with Gasteiger partial charge in [0.15, 0.2) is 0 Å². The number of ether oxygens (including phenoxy) is 1. The van der Waals surface area contributed by atoms with Gasteiger partial charge in [0.05, 0.1) is 0 Å². The molecule has 1 unspecified atom stereocenters. The summed E-state index contributed by atoms with van der Waals surface area (Å²) in [4.78, 5) is 14.2. The number of hydrogen-bond acceptors (Lipinski definition) is 3. The van der Waals surface area contributed by atoms with Crippen molar-refractivity contribution in [2.75, 3.05) is 13.1 Å². The highest BCUT2D eigenvalue weighted by Crippen LogP contribution is 2.20. The van der Waals surface area contributed by atoms with Crippen LogP contribution in [0.3, 0.4) is 0 Å². The summed E-state index contributed by atoms with van der Waals surface area (Å²) in [6, 6.07) is 0.431. The van der Waals surface area contributed by atoms with Crippen LogP contribution in [-0.2, 0) is 4.74 Å². The third-order valence-electron chi connectivity index (χ3n) is 3.04. The fourth-order valence-corrected chi connectivity index (χ4v) is 2.40. The average molecular weight is 256 g/mol. The third kappa shape index (κ3) is 4.48. The molecule has 1 saturated heterocycles. The van der Waals surface area contributed by atoms with Gasteiger partial charge < -0.3 is 10.1 Å². The van der Waals surface area contributed by atoms with Gasteiger partial charge in [-0.2, -0.15) is 0 Å². The van der Waals surface area contributed by atoms with Crippen molar-refractivity contribution in [2.24, 2.45) is 5.92 Å². The van der Waals surface area contributed by atoms with Crippen molar-refractivity contribution < 1.29 is 9.53 Å². The van der Waals surface area contributed by atoms with Crippen LogP contribution in [0.5, 0.6) is 0 Å². The first-order chi connectivity index (χ1) is 8.20. The smallest absolute Gasteiger partial charge is 0.410 e. The maximum atomic E-state index is 12.3.